The van der Waals surface area contributed by atoms with Crippen LogP contribution in [-0.2, 0) is 27.5 Å². The predicted molar refractivity (Wildman–Crippen MR) is 137 cm³/mol. The van der Waals surface area contributed by atoms with E-state index in [1.165, 1.54) is 0 Å². The Labute approximate surface area is 209 Å². The molecule has 2 N–H and O–H groups in total. The maximum atomic E-state index is 12.6. The summed E-state index contributed by atoms with van der Waals surface area (Å²) >= 11 is 0. The number of ether oxygens (including phenoxy) is 2. The quantitative estimate of drug-likeness (QED) is 0.126. The largest absolute Gasteiger partial charge is 0.470 e. The van der Waals surface area contributed by atoms with Crippen LogP contribution in [0.1, 0.15) is 101 Å². The maximum Gasteiger partial charge on any atom is 0.470 e. The van der Waals surface area contributed by atoms with Gasteiger partial charge in [-0.1, -0.05) is 77.6 Å². The Morgan fingerprint density at radius 3 is 1.69 bits per heavy atom. The first-order chi connectivity index (χ1) is 16.8. The van der Waals surface area contributed by atoms with Crippen LogP contribution >= 0.6 is 7.82 Å². The van der Waals surface area contributed by atoms with Gasteiger partial charge in [0.1, 0.15) is 5.60 Å². The Kier molecular flexibility index (Phi) is 7.97. The molecule has 35 heavy (non-hydrogen) atoms. The van der Waals surface area contributed by atoms with Crippen LogP contribution in [0.2, 0.25) is 0 Å². The molecule has 7 heteroatoms. The summed E-state index contributed by atoms with van der Waals surface area (Å²) < 4.78 is 30.5. The lowest BCUT2D eigenvalue weighted by Crippen LogP contribution is -2.38. The van der Waals surface area contributed by atoms with E-state index >= 15 is 0 Å². The fraction of sp³-hybridized carbons (Fsp3) is 0.571. The summed E-state index contributed by atoms with van der Waals surface area (Å²) in [5.74, 6) is 2.90. The van der Waals surface area contributed by atoms with E-state index in [2.05, 4.69) is 27.7 Å². The lowest BCUT2D eigenvalue weighted by molar-refractivity contribution is 0.00676. The number of phosphoric acid groups is 1. The number of hydrogen-bond acceptors (Lipinski definition) is 4. The molecule has 0 amide bonds. The number of aryl methyl sites for hydroxylation is 2. The molecule has 6 nitrogen and oxygen atoms in total. The highest BCUT2D eigenvalue weighted by atomic mass is 31.2. The molecule has 0 saturated carbocycles. The first-order valence-electron chi connectivity index (χ1n) is 13.2. The minimum atomic E-state index is -4.88. The van der Waals surface area contributed by atoms with Gasteiger partial charge in [0, 0.05) is 11.1 Å². The Morgan fingerprint density at radius 1 is 0.800 bits per heavy atom. The molecule has 4 rings (SSSR count). The van der Waals surface area contributed by atoms with E-state index in [1.807, 2.05) is 24.3 Å². The van der Waals surface area contributed by atoms with Crippen molar-refractivity contribution in [3.8, 4) is 23.0 Å². The molecule has 1 unspecified atom stereocenters. The summed E-state index contributed by atoms with van der Waals surface area (Å²) in [5.41, 5.74) is 2.30. The minimum Gasteiger partial charge on any atom is -0.449 e. The van der Waals surface area contributed by atoms with Crippen molar-refractivity contribution < 1.29 is 28.3 Å². The molecule has 2 heterocycles. The molecule has 0 saturated heterocycles. The van der Waals surface area contributed by atoms with Crippen LogP contribution in [0.4, 0.5) is 0 Å². The van der Waals surface area contributed by atoms with Gasteiger partial charge in [0.25, 0.3) is 0 Å². The van der Waals surface area contributed by atoms with Gasteiger partial charge in [0.2, 0.25) is 0 Å². The maximum absolute atomic E-state index is 12.6. The fourth-order valence-corrected chi connectivity index (χ4v) is 6.13. The number of hydrogen-bond donors (Lipinski definition) is 2. The second-order valence-electron chi connectivity index (χ2n) is 9.84. The van der Waals surface area contributed by atoms with Gasteiger partial charge >= 0.3 is 7.82 Å². The van der Waals surface area contributed by atoms with Gasteiger partial charge in [-0.05, 0) is 55.6 Å². The van der Waals surface area contributed by atoms with Crippen molar-refractivity contribution in [2.45, 2.75) is 97.5 Å². The normalized spacial score (nSPS) is 14.6. The standard InChI is InChI=1S/C28H39O6P/c1-5-9-12-19-15-17-22(26-24(19)32-26)28(34-35(29,30)31,21(8-4)14-11-7-3)23-18-16-20(13-10-6-2)25-27(23)33-25/h15-18,21H,5-14H2,1-4H3,(H2,29,30,31). The molecule has 0 fully saturated rings. The zero-order valence-corrected chi connectivity index (χ0v) is 22.3. The molecule has 0 aliphatic carbocycles. The van der Waals surface area contributed by atoms with Gasteiger partial charge in [-0.2, -0.15) is 0 Å². The van der Waals surface area contributed by atoms with Crippen molar-refractivity contribution in [2.75, 3.05) is 0 Å². The molecule has 0 radical (unpaired) electrons. The first kappa shape index (κ1) is 26.2. The van der Waals surface area contributed by atoms with E-state index in [4.69, 9.17) is 14.0 Å². The topological polar surface area (TPSA) is 91.8 Å². The van der Waals surface area contributed by atoms with Crippen LogP contribution in [-0.4, -0.2) is 9.79 Å². The number of fused-ring (bicyclic) bond motifs is 2. The Bertz CT molecular complexity index is 1040. The predicted octanol–water partition coefficient (Wildman–Crippen LogP) is 8.15. The minimum absolute atomic E-state index is 0.167. The molecule has 2 aromatic carbocycles. The summed E-state index contributed by atoms with van der Waals surface area (Å²) in [6, 6.07) is 7.99. The van der Waals surface area contributed by atoms with E-state index in [-0.39, 0.29) is 5.92 Å². The van der Waals surface area contributed by atoms with Crippen molar-refractivity contribution in [2.24, 2.45) is 5.92 Å². The number of rotatable bonds is 15. The van der Waals surface area contributed by atoms with Crippen LogP contribution in [0.5, 0.6) is 23.0 Å². The average Bonchev–Trinajstić information content (AvgIpc) is 3.73. The smallest absolute Gasteiger partial charge is 0.449 e. The Morgan fingerprint density at radius 2 is 1.29 bits per heavy atom. The summed E-state index contributed by atoms with van der Waals surface area (Å²) in [7, 11) is -4.88. The van der Waals surface area contributed by atoms with Crippen molar-refractivity contribution >= 4 is 7.82 Å². The summed E-state index contributed by atoms with van der Waals surface area (Å²) in [5, 5.41) is 0. The van der Waals surface area contributed by atoms with Crippen molar-refractivity contribution in [1.29, 1.82) is 0 Å². The molecule has 1 atom stereocenters. The van der Waals surface area contributed by atoms with Gasteiger partial charge < -0.3 is 19.3 Å². The fourth-order valence-electron chi connectivity index (χ4n) is 5.40. The third kappa shape index (κ3) is 5.32. The van der Waals surface area contributed by atoms with Crippen LogP contribution < -0.4 is 9.47 Å². The lowest BCUT2D eigenvalue weighted by Gasteiger charge is -2.40. The van der Waals surface area contributed by atoms with Gasteiger partial charge in [0.05, 0.1) is 0 Å². The van der Waals surface area contributed by atoms with Crippen LogP contribution in [0.15, 0.2) is 24.3 Å². The van der Waals surface area contributed by atoms with Crippen molar-refractivity contribution in [3.05, 3.63) is 46.5 Å². The summed E-state index contributed by atoms with van der Waals surface area (Å²) in [6.45, 7) is 8.50. The second kappa shape index (κ2) is 10.6. The van der Waals surface area contributed by atoms with E-state index in [0.717, 1.165) is 80.4 Å². The third-order valence-electron chi connectivity index (χ3n) is 7.35. The molecule has 192 valence electrons. The Hall–Kier alpha value is -1.85. The van der Waals surface area contributed by atoms with Crippen LogP contribution in [0.25, 0.3) is 0 Å². The van der Waals surface area contributed by atoms with Crippen LogP contribution in [0.3, 0.4) is 0 Å². The van der Waals surface area contributed by atoms with E-state index in [9.17, 15) is 14.4 Å². The van der Waals surface area contributed by atoms with Crippen LogP contribution in [0, 0.1) is 5.92 Å². The van der Waals surface area contributed by atoms with Gasteiger partial charge in [0.15, 0.2) is 23.0 Å². The summed E-state index contributed by atoms with van der Waals surface area (Å²) in [6.07, 6.45) is 9.52. The average molecular weight is 503 g/mol. The molecular formula is C28H39O6P. The van der Waals surface area contributed by atoms with E-state index in [0.29, 0.717) is 29.0 Å². The number of phosphoric ester groups is 1. The number of benzene rings is 2. The Balaban J connectivity index is 1.89. The lowest BCUT2D eigenvalue weighted by atomic mass is 9.72. The third-order valence-corrected chi connectivity index (χ3v) is 7.87. The van der Waals surface area contributed by atoms with Gasteiger partial charge in [-0.3, -0.25) is 4.52 Å². The highest BCUT2D eigenvalue weighted by molar-refractivity contribution is 7.46. The van der Waals surface area contributed by atoms with Crippen molar-refractivity contribution in [3.63, 3.8) is 0 Å². The highest BCUT2D eigenvalue weighted by Gasteiger charge is 2.54. The first-order valence-corrected chi connectivity index (χ1v) is 14.8. The molecule has 0 aromatic heterocycles. The van der Waals surface area contributed by atoms with Gasteiger partial charge in [-0.15, -0.1) is 0 Å². The second-order valence-corrected chi connectivity index (χ2v) is 11.0. The molecular weight excluding hydrogens is 463 g/mol. The van der Waals surface area contributed by atoms with Crippen molar-refractivity contribution in [1.82, 2.24) is 0 Å². The molecule has 2 aliphatic rings. The van der Waals surface area contributed by atoms with Gasteiger partial charge in [-0.25, -0.2) is 4.57 Å². The summed E-state index contributed by atoms with van der Waals surface area (Å²) in [4.78, 5) is 20.4. The molecule has 0 spiro atoms. The zero-order valence-electron chi connectivity index (χ0n) is 21.4. The molecule has 2 aromatic rings. The highest BCUT2D eigenvalue weighted by Crippen LogP contribution is 2.66. The SMILES string of the molecule is CCCCc1ccc(C(OP(=O)(O)O)(c2ccc(CCCC)c3c2O3)C(CC)CCCC)c2c1O2. The monoisotopic (exact) mass is 502 g/mol. The molecule has 0 bridgehead atoms. The van der Waals surface area contributed by atoms with E-state index < -0.39 is 13.4 Å². The number of unbranched alkanes of at least 4 members (excludes halogenated alkanes) is 3. The molecule has 2 aliphatic heterocycles. The zero-order chi connectivity index (χ0) is 25.2. The van der Waals surface area contributed by atoms with E-state index in [1.54, 1.807) is 0 Å².